The molecule has 1 aliphatic rings. The molecule has 0 aliphatic carbocycles. The van der Waals surface area contributed by atoms with E-state index >= 15 is 0 Å². The van der Waals surface area contributed by atoms with Crippen molar-refractivity contribution in [1.29, 1.82) is 0 Å². The summed E-state index contributed by atoms with van der Waals surface area (Å²) in [6.07, 6.45) is 0.681. The van der Waals surface area contributed by atoms with Crippen LogP contribution in [0, 0.1) is 0 Å². The molecular formula is C16H24KN3O6S. The quantitative estimate of drug-likeness (QED) is 0.376. The smallest absolute Gasteiger partial charge is 1.00 e. The Bertz CT molecular complexity index is 813. The third-order valence-electron chi connectivity index (χ3n) is 3.44. The average molecular weight is 426 g/mol. The van der Waals surface area contributed by atoms with Gasteiger partial charge >= 0.3 is 67.7 Å². The van der Waals surface area contributed by atoms with Crippen LogP contribution in [0.5, 0.6) is 5.75 Å². The Kier molecular flexibility index (Phi) is 8.57. The fraction of sp³-hybridized carbons (Fsp3) is 0.500. The summed E-state index contributed by atoms with van der Waals surface area (Å²) in [5, 5.41) is 12.7. The van der Waals surface area contributed by atoms with Gasteiger partial charge in [0.1, 0.15) is 17.9 Å². The van der Waals surface area contributed by atoms with E-state index in [-0.39, 0.29) is 70.8 Å². The van der Waals surface area contributed by atoms with Gasteiger partial charge in [0.2, 0.25) is 0 Å². The zero-order valence-corrected chi connectivity index (χ0v) is 19.8. The van der Waals surface area contributed by atoms with Crippen molar-refractivity contribution in [2.45, 2.75) is 39.2 Å². The predicted molar refractivity (Wildman–Crippen MR) is 96.2 cm³/mol. The van der Waals surface area contributed by atoms with E-state index in [4.69, 9.17) is 4.74 Å². The van der Waals surface area contributed by atoms with Crippen molar-refractivity contribution in [2.75, 3.05) is 17.4 Å². The molecule has 0 radical (unpaired) electrons. The van der Waals surface area contributed by atoms with E-state index in [2.05, 4.69) is 5.32 Å². The van der Waals surface area contributed by atoms with Gasteiger partial charge in [-0.25, -0.2) is 13.8 Å². The van der Waals surface area contributed by atoms with Crippen LogP contribution < -0.4 is 65.7 Å². The minimum atomic E-state index is -3.96. The van der Waals surface area contributed by atoms with Crippen molar-refractivity contribution in [1.82, 2.24) is 10.0 Å². The summed E-state index contributed by atoms with van der Waals surface area (Å²) in [4.78, 5) is 22.8. The zero-order valence-electron chi connectivity index (χ0n) is 16.9. The van der Waals surface area contributed by atoms with Gasteiger partial charge in [-0.1, -0.05) is 6.07 Å². The molecule has 0 atom stereocenters. The normalized spacial score (nSPS) is 15.7. The van der Waals surface area contributed by atoms with Gasteiger partial charge in [-0.05, 0) is 51.3 Å². The summed E-state index contributed by atoms with van der Waals surface area (Å²) in [6, 6.07) is 4.56. The first-order chi connectivity index (χ1) is 12.0. The first kappa shape index (κ1) is 24.2. The number of carbonyl (C=O) groups excluding carboxylic acids is 2. The van der Waals surface area contributed by atoms with E-state index in [0.717, 1.165) is 9.87 Å². The van der Waals surface area contributed by atoms with E-state index in [1.807, 2.05) is 4.72 Å². The summed E-state index contributed by atoms with van der Waals surface area (Å²) in [6.45, 7) is 5.37. The molecule has 1 aromatic rings. The molecule has 3 N–H and O–H groups in total. The van der Waals surface area contributed by atoms with Crippen molar-refractivity contribution in [3.05, 3.63) is 23.8 Å². The van der Waals surface area contributed by atoms with Crippen LogP contribution in [0.3, 0.4) is 0 Å². The van der Waals surface area contributed by atoms with E-state index in [1.165, 1.54) is 12.1 Å². The molecule has 11 heteroatoms. The van der Waals surface area contributed by atoms with Crippen LogP contribution in [0.25, 0.3) is 0 Å². The summed E-state index contributed by atoms with van der Waals surface area (Å²) in [5.41, 5.74) is 0.254. The van der Waals surface area contributed by atoms with E-state index in [1.54, 1.807) is 26.8 Å². The number of phenolic OH excluding ortho intramolecular Hbond substituents is 1. The molecule has 1 aromatic carbocycles. The molecule has 2 amide bonds. The maximum atomic E-state index is 11.8. The number of ether oxygens (including phenoxy) is 1. The first-order valence-corrected chi connectivity index (χ1v) is 9.54. The Morgan fingerprint density at radius 1 is 1.41 bits per heavy atom. The fourth-order valence-corrected chi connectivity index (χ4v) is 3.56. The summed E-state index contributed by atoms with van der Waals surface area (Å²) in [7, 11) is -3.96. The molecule has 27 heavy (non-hydrogen) atoms. The van der Waals surface area contributed by atoms with Crippen molar-refractivity contribution in [2.24, 2.45) is 0 Å². The molecule has 146 valence electrons. The third kappa shape index (κ3) is 7.24. The Hall–Kier alpha value is -0.854. The van der Waals surface area contributed by atoms with Gasteiger partial charge in [-0.2, -0.15) is 8.42 Å². The molecule has 0 spiro atoms. The minimum absolute atomic E-state index is 0. The summed E-state index contributed by atoms with van der Waals surface area (Å²) in [5.74, 6) is -0.885. The number of benzene rings is 1. The van der Waals surface area contributed by atoms with Crippen LogP contribution in [-0.2, 0) is 26.2 Å². The number of nitrogens with one attached hydrogen (secondary N) is 2. The summed E-state index contributed by atoms with van der Waals surface area (Å²) >= 11 is 0. The first-order valence-electron chi connectivity index (χ1n) is 8.10. The largest absolute Gasteiger partial charge is 1.00 e. The number of hydrogen-bond acceptors (Lipinski definition) is 6. The number of aryl methyl sites for hydroxylation is 1. The molecule has 0 aromatic heterocycles. The van der Waals surface area contributed by atoms with Crippen molar-refractivity contribution in [3.63, 3.8) is 0 Å². The number of aromatic hydroxyl groups is 1. The molecule has 1 saturated heterocycles. The molecule has 0 saturated carbocycles. The molecular weight excluding hydrogens is 401 g/mol. The average Bonchev–Trinajstić information content (AvgIpc) is 2.74. The van der Waals surface area contributed by atoms with Gasteiger partial charge in [0.25, 0.3) is 5.91 Å². The second-order valence-electron chi connectivity index (χ2n) is 6.89. The van der Waals surface area contributed by atoms with Gasteiger partial charge in [-0.3, -0.25) is 4.79 Å². The van der Waals surface area contributed by atoms with Crippen molar-refractivity contribution < 1.29 is 80.7 Å². The standard InChI is InChI=1S/C16H23N3O6S.K.H/c1-16(2,3)25-15(22)17-8-4-5-11-6-7-12(13(20)9-11)19-10-14(21)18-26(19,23)24;;/h6-7,9,20H,4-5,8,10H2,1-3H3,(H,17,22)(H,18,21);;/q;+1;-1. The Morgan fingerprint density at radius 3 is 2.59 bits per heavy atom. The van der Waals surface area contributed by atoms with Crippen molar-refractivity contribution >= 4 is 27.9 Å². The second kappa shape index (κ2) is 9.57. The number of alkyl carbamates (subject to hydrolysis) is 1. The van der Waals surface area contributed by atoms with Crippen LogP contribution in [0.2, 0.25) is 0 Å². The van der Waals surface area contributed by atoms with Crippen LogP contribution in [0.1, 0.15) is 34.2 Å². The minimum Gasteiger partial charge on any atom is -1.00 e. The molecule has 9 nitrogen and oxygen atoms in total. The van der Waals surface area contributed by atoms with E-state index in [9.17, 15) is 23.1 Å². The fourth-order valence-electron chi connectivity index (χ4n) is 2.39. The Labute approximate surface area is 202 Å². The maximum absolute atomic E-state index is 11.8. The number of rotatable bonds is 5. The molecule has 2 rings (SSSR count). The van der Waals surface area contributed by atoms with Gasteiger partial charge in [0, 0.05) is 6.54 Å². The zero-order chi connectivity index (χ0) is 19.5. The number of carbonyl (C=O) groups is 2. The molecule has 1 fully saturated rings. The molecule has 1 aliphatic heterocycles. The molecule has 0 unspecified atom stereocenters. The van der Waals surface area contributed by atoms with Gasteiger partial charge in [0.15, 0.2) is 0 Å². The monoisotopic (exact) mass is 425 g/mol. The number of phenols is 1. The number of hydrogen-bond donors (Lipinski definition) is 3. The number of anilines is 1. The Morgan fingerprint density at radius 2 is 2.07 bits per heavy atom. The maximum Gasteiger partial charge on any atom is 1.00 e. The van der Waals surface area contributed by atoms with Crippen LogP contribution in [0.4, 0.5) is 10.5 Å². The van der Waals surface area contributed by atoms with E-state index < -0.39 is 27.8 Å². The summed E-state index contributed by atoms with van der Waals surface area (Å²) < 4.78 is 31.4. The van der Waals surface area contributed by atoms with Crippen LogP contribution in [-0.4, -0.2) is 44.2 Å². The number of amides is 2. The third-order valence-corrected chi connectivity index (χ3v) is 4.83. The van der Waals surface area contributed by atoms with Gasteiger partial charge in [-0.15, -0.1) is 0 Å². The van der Waals surface area contributed by atoms with Crippen LogP contribution in [0.15, 0.2) is 18.2 Å². The van der Waals surface area contributed by atoms with Gasteiger partial charge < -0.3 is 16.6 Å². The molecule has 0 bridgehead atoms. The SMILES string of the molecule is CC(C)(C)OC(=O)NCCCc1ccc(N2CC(=O)NS2(=O)=O)c(O)c1.[H-].[K+]. The Balaban J connectivity index is 0.00000364. The second-order valence-corrected chi connectivity index (χ2v) is 8.49. The van der Waals surface area contributed by atoms with Crippen LogP contribution >= 0.6 is 0 Å². The van der Waals surface area contributed by atoms with E-state index in [0.29, 0.717) is 19.4 Å². The number of nitrogens with zero attached hydrogens (tertiary/aromatic N) is 1. The predicted octanol–water partition coefficient (Wildman–Crippen LogP) is -1.85. The van der Waals surface area contributed by atoms with Gasteiger partial charge in [0.05, 0.1) is 5.69 Å². The topological polar surface area (TPSA) is 125 Å². The molecule has 1 heterocycles. The van der Waals surface area contributed by atoms with Crippen molar-refractivity contribution in [3.8, 4) is 5.75 Å².